The van der Waals surface area contributed by atoms with Crippen molar-refractivity contribution in [2.75, 3.05) is 0 Å². The van der Waals surface area contributed by atoms with Crippen molar-refractivity contribution in [1.82, 2.24) is 14.5 Å². The first kappa shape index (κ1) is 11.0. The zero-order valence-corrected chi connectivity index (χ0v) is 11.1. The number of thiophene rings is 1. The highest BCUT2D eigenvalue weighted by Crippen LogP contribution is 2.25. The van der Waals surface area contributed by atoms with Crippen molar-refractivity contribution in [3.8, 4) is 10.7 Å². The van der Waals surface area contributed by atoms with Crippen molar-refractivity contribution in [2.24, 2.45) is 0 Å². The first-order valence-corrected chi connectivity index (χ1v) is 7.05. The molecule has 0 aliphatic rings. The van der Waals surface area contributed by atoms with Gasteiger partial charge >= 0.3 is 0 Å². The van der Waals surface area contributed by atoms with Crippen LogP contribution in [0.4, 0.5) is 0 Å². The first-order valence-electron chi connectivity index (χ1n) is 4.98. The zero-order chi connectivity index (χ0) is 11.7. The Kier molecular flexibility index (Phi) is 2.96. The summed E-state index contributed by atoms with van der Waals surface area (Å²) in [5.74, 6) is 0.990. The molecular weight excluding hydrogens is 274 g/mol. The van der Waals surface area contributed by atoms with Crippen LogP contribution in [-0.2, 0) is 6.54 Å². The maximum absolute atomic E-state index is 5.82. The highest BCUT2D eigenvalue weighted by molar-refractivity contribution is 7.15. The summed E-state index contributed by atoms with van der Waals surface area (Å²) < 4.78 is 2.69. The Labute approximate surface area is 111 Å². The molecule has 0 radical (unpaired) electrons. The van der Waals surface area contributed by atoms with Crippen LogP contribution in [0, 0.1) is 0 Å². The van der Waals surface area contributed by atoms with Crippen molar-refractivity contribution in [2.45, 2.75) is 6.54 Å². The van der Waals surface area contributed by atoms with E-state index in [0.29, 0.717) is 4.47 Å². The fourth-order valence-electron chi connectivity index (χ4n) is 1.59. The Morgan fingerprint density at radius 3 is 3.00 bits per heavy atom. The minimum atomic E-state index is 0.581. The number of thiazole rings is 1. The van der Waals surface area contributed by atoms with Crippen LogP contribution < -0.4 is 0 Å². The summed E-state index contributed by atoms with van der Waals surface area (Å²) in [4.78, 5) is 10.7. The predicted molar refractivity (Wildman–Crippen MR) is 71.8 cm³/mol. The molecule has 3 heterocycles. The Bertz CT molecular complexity index is 612. The lowest BCUT2D eigenvalue weighted by Gasteiger charge is -2.03. The summed E-state index contributed by atoms with van der Waals surface area (Å²) in [5.41, 5.74) is 0. The van der Waals surface area contributed by atoms with Crippen LogP contribution in [0.5, 0.6) is 0 Å². The Morgan fingerprint density at radius 2 is 2.29 bits per heavy atom. The van der Waals surface area contributed by atoms with Crippen molar-refractivity contribution in [3.63, 3.8) is 0 Å². The fourth-order valence-corrected chi connectivity index (χ4v) is 3.31. The highest BCUT2D eigenvalue weighted by atomic mass is 35.5. The van der Waals surface area contributed by atoms with Gasteiger partial charge in [0.15, 0.2) is 4.47 Å². The third-order valence-corrected chi connectivity index (χ3v) is 4.27. The molecule has 3 nitrogen and oxygen atoms in total. The summed E-state index contributed by atoms with van der Waals surface area (Å²) in [6.07, 6.45) is 5.60. The second kappa shape index (κ2) is 4.60. The molecule has 0 fully saturated rings. The van der Waals surface area contributed by atoms with Crippen LogP contribution in [0.15, 0.2) is 36.1 Å². The van der Waals surface area contributed by atoms with Gasteiger partial charge < -0.3 is 4.57 Å². The molecule has 3 rings (SSSR count). The number of imidazole rings is 1. The highest BCUT2D eigenvalue weighted by Gasteiger charge is 2.08. The molecule has 3 aromatic heterocycles. The van der Waals surface area contributed by atoms with E-state index < -0.39 is 0 Å². The quantitative estimate of drug-likeness (QED) is 0.732. The summed E-state index contributed by atoms with van der Waals surface area (Å²) >= 11 is 9.01. The first-order chi connectivity index (χ1) is 8.33. The van der Waals surface area contributed by atoms with Crippen LogP contribution in [0.3, 0.4) is 0 Å². The molecule has 0 aliphatic carbocycles. The molecule has 0 saturated carbocycles. The molecule has 0 amide bonds. The summed E-state index contributed by atoms with van der Waals surface area (Å²) in [6.45, 7) is 0.762. The van der Waals surface area contributed by atoms with Gasteiger partial charge in [0.1, 0.15) is 5.82 Å². The van der Waals surface area contributed by atoms with Gasteiger partial charge in [-0.3, -0.25) is 0 Å². The summed E-state index contributed by atoms with van der Waals surface area (Å²) in [5, 5.41) is 2.05. The number of halogens is 1. The van der Waals surface area contributed by atoms with Gasteiger partial charge in [-0.25, -0.2) is 9.97 Å². The van der Waals surface area contributed by atoms with Crippen molar-refractivity contribution in [3.05, 3.63) is 45.4 Å². The number of hydrogen-bond donors (Lipinski definition) is 0. The molecule has 0 spiro atoms. The van der Waals surface area contributed by atoms with E-state index in [1.165, 1.54) is 16.2 Å². The van der Waals surface area contributed by atoms with Gasteiger partial charge in [-0.2, -0.15) is 0 Å². The number of hydrogen-bond acceptors (Lipinski definition) is 4. The minimum absolute atomic E-state index is 0.581. The number of nitrogens with zero attached hydrogens (tertiary/aromatic N) is 3. The van der Waals surface area contributed by atoms with E-state index in [1.807, 2.05) is 24.7 Å². The van der Waals surface area contributed by atoms with Gasteiger partial charge in [0, 0.05) is 23.5 Å². The smallest absolute Gasteiger partial charge is 0.183 e. The maximum atomic E-state index is 5.82. The molecule has 6 heteroatoms. The molecule has 0 aromatic carbocycles. The molecule has 86 valence electrons. The lowest BCUT2D eigenvalue weighted by Crippen LogP contribution is -1.98. The topological polar surface area (TPSA) is 30.7 Å². The molecular formula is C11H8ClN3S2. The number of rotatable bonds is 3. The molecule has 0 aliphatic heterocycles. The lowest BCUT2D eigenvalue weighted by molar-refractivity contribution is 0.820. The van der Waals surface area contributed by atoms with Gasteiger partial charge in [-0.05, 0) is 11.4 Å². The molecule has 0 N–H and O–H groups in total. The largest absolute Gasteiger partial charge is 0.325 e. The third kappa shape index (κ3) is 2.26. The maximum Gasteiger partial charge on any atom is 0.183 e. The Balaban J connectivity index is 1.92. The molecule has 0 bridgehead atoms. The molecule has 17 heavy (non-hydrogen) atoms. The lowest BCUT2D eigenvalue weighted by atomic mass is 10.4. The van der Waals surface area contributed by atoms with Gasteiger partial charge in [0.25, 0.3) is 0 Å². The third-order valence-electron chi connectivity index (χ3n) is 2.31. The van der Waals surface area contributed by atoms with Crippen LogP contribution in [0.2, 0.25) is 4.47 Å². The Morgan fingerprint density at radius 1 is 1.35 bits per heavy atom. The van der Waals surface area contributed by atoms with Gasteiger partial charge in [0.05, 0.1) is 11.4 Å². The van der Waals surface area contributed by atoms with E-state index in [9.17, 15) is 0 Å². The Hall–Kier alpha value is -1.17. The van der Waals surface area contributed by atoms with Crippen LogP contribution in [0.25, 0.3) is 10.7 Å². The second-order valence-electron chi connectivity index (χ2n) is 3.44. The van der Waals surface area contributed by atoms with Crippen molar-refractivity contribution in [1.29, 1.82) is 0 Å². The van der Waals surface area contributed by atoms with Gasteiger partial charge in [-0.15, -0.1) is 22.7 Å². The average molecular weight is 282 g/mol. The van der Waals surface area contributed by atoms with Crippen LogP contribution in [0.1, 0.15) is 4.88 Å². The monoisotopic (exact) mass is 281 g/mol. The van der Waals surface area contributed by atoms with Gasteiger partial charge in [0.2, 0.25) is 0 Å². The molecule has 0 unspecified atom stereocenters. The predicted octanol–water partition coefficient (Wildman–Crippen LogP) is 3.77. The minimum Gasteiger partial charge on any atom is -0.325 e. The average Bonchev–Trinajstić information content (AvgIpc) is 3.00. The standard InChI is InChI=1S/C11H8ClN3S2/c12-11-14-6-8(17-11)7-15-4-3-13-10(15)9-2-1-5-16-9/h1-6H,7H2. The van der Waals surface area contributed by atoms with E-state index in [4.69, 9.17) is 11.6 Å². The SMILES string of the molecule is Clc1ncc(Cn2ccnc2-c2cccs2)s1. The van der Waals surface area contributed by atoms with Crippen LogP contribution in [-0.4, -0.2) is 14.5 Å². The van der Waals surface area contributed by atoms with Crippen LogP contribution >= 0.6 is 34.3 Å². The van der Waals surface area contributed by atoms with Crippen molar-refractivity contribution < 1.29 is 0 Å². The fraction of sp³-hybridized carbons (Fsp3) is 0.0909. The van der Waals surface area contributed by atoms with Crippen molar-refractivity contribution >= 4 is 34.3 Å². The van der Waals surface area contributed by atoms with E-state index in [1.54, 1.807) is 11.3 Å². The normalized spacial score (nSPS) is 10.9. The van der Waals surface area contributed by atoms with Gasteiger partial charge in [-0.1, -0.05) is 17.7 Å². The molecule has 3 aromatic rings. The second-order valence-corrected chi connectivity index (χ2v) is 6.08. The van der Waals surface area contributed by atoms with E-state index >= 15 is 0 Å². The van der Waals surface area contributed by atoms with E-state index in [2.05, 4.69) is 26.0 Å². The summed E-state index contributed by atoms with van der Waals surface area (Å²) in [6, 6.07) is 4.10. The molecule has 0 saturated heterocycles. The molecule has 0 atom stereocenters. The summed E-state index contributed by atoms with van der Waals surface area (Å²) in [7, 11) is 0. The number of aromatic nitrogens is 3. The van der Waals surface area contributed by atoms with E-state index in [-0.39, 0.29) is 0 Å². The zero-order valence-electron chi connectivity index (χ0n) is 8.71. The van der Waals surface area contributed by atoms with E-state index in [0.717, 1.165) is 17.2 Å².